The van der Waals surface area contributed by atoms with E-state index in [1.165, 1.54) is 37.4 Å². The standard InChI is InChI=1S/C19H15Cl2F3N4O4S/c1-10-6-11(20)7-14(33(2,30)31)16(10)26-18(29)13-8-15(32-9-19(22,23)24)27-28(13)17-12(21)4-3-5-25-17/h3-8H,9H2,1-2H3,(H,26,29). The number of aromatic nitrogens is 3. The zero-order valence-corrected chi connectivity index (χ0v) is 19.3. The summed E-state index contributed by atoms with van der Waals surface area (Å²) >= 11 is 12.1. The Morgan fingerprint density at radius 3 is 2.55 bits per heavy atom. The Morgan fingerprint density at radius 1 is 1.24 bits per heavy atom. The molecule has 0 saturated carbocycles. The van der Waals surface area contributed by atoms with E-state index in [2.05, 4.69) is 20.1 Å². The van der Waals surface area contributed by atoms with Crippen LogP contribution in [0.4, 0.5) is 18.9 Å². The fraction of sp³-hybridized carbons (Fsp3) is 0.211. The molecule has 8 nitrogen and oxygen atoms in total. The highest BCUT2D eigenvalue weighted by Gasteiger charge is 2.30. The lowest BCUT2D eigenvalue weighted by Gasteiger charge is -2.14. The van der Waals surface area contributed by atoms with Gasteiger partial charge in [0.25, 0.3) is 5.91 Å². The van der Waals surface area contributed by atoms with E-state index in [1.807, 2.05) is 0 Å². The van der Waals surface area contributed by atoms with Crippen LogP contribution in [0.15, 0.2) is 41.4 Å². The maximum absolute atomic E-state index is 13.1. The molecule has 2 aromatic heterocycles. The third-order valence-corrected chi connectivity index (χ3v) is 5.78. The number of nitrogens with one attached hydrogen (secondary N) is 1. The number of rotatable bonds is 6. The molecule has 1 N–H and O–H groups in total. The molecule has 0 saturated heterocycles. The predicted molar refractivity (Wildman–Crippen MR) is 115 cm³/mol. The summed E-state index contributed by atoms with van der Waals surface area (Å²) in [6.45, 7) is -0.115. The van der Waals surface area contributed by atoms with E-state index in [0.29, 0.717) is 5.56 Å². The summed E-state index contributed by atoms with van der Waals surface area (Å²) in [5.74, 6) is -1.47. The van der Waals surface area contributed by atoms with Crippen molar-refractivity contribution in [3.05, 3.63) is 57.8 Å². The average molecular weight is 523 g/mol. The lowest BCUT2D eigenvalue weighted by Crippen LogP contribution is -2.20. The highest BCUT2D eigenvalue weighted by atomic mass is 35.5. The van der Waals surface area contributed by atoms with Gasteiger partial charge in [0.1, 0.15) is 5.69 Å². The van der Waals surface area contributed by atoms with Gasteiger partial charge in [0.05, 0.1) is 15.6 Å². The Bertz CT molecular complexity index is 1330. The Morgan fingerprint density at radius 2 is 1.94 bits per heavy atom. The number of nitrogens with zero attached hydrogens (tertiary/aromatic N) is 3. The summed E-state index contributed by atoms with van der Waals surface area (Å²) in [6, 6.07) is 6.51. The van der Waals surface area contributed by atoms with Crippen LogP contribution in [0.5, 0.6) is 5.88 Å². The topological polar surface area (TPSA) is 103 Å². The van der Waals surface area contributed by atoms with Gasteiger partial charge in [-0.3, -0.25) is 4.79 Å². The van der Waals surface area contributed by atoms with E-state index in [0.717, 1.165) is 17.0 Å². The number of carbonyl (C=O) groups excluding carboxylic acids is 1. The third-order valence-electron chi connectivity index (χ3n) is 4.15. The van der Waals surface area contributed by atoms with Gasteiger partial charge in [0, 0.05) is 23.5 Å². The summed E-state index contributed by atoms with van der Waals surface area (Å²) in [5, 5.41) is 6.51. The number of ether oxygens (including phenoxy) is 1. The van der Waals surface area contributed by atoms with Crippen molar-refractivity contribution in [2.75, 3.05) is 18.2 Å². The monoisotopic (exact) mass is 522 g/mol. The van der Waals surface area contributed by atoms with Crippen molar-refractivity contribution in [3.8, 4) is 11.7 Å². The number of benzene rings is 1. The minimum Gasteiger partial charge on any atom is -0.467 e. The van der Waals surface area contributed by atoms with Crippen LogP contribution in [0, 0.1) is 6.92 Å². The third kappa shape index (κ3) is 5.95. The number of alkyl halides is 3. The molecule has 0 unspecified atom stereocenters. The summed E-state index contributed by atoms with van der Waals surface area (Å²) in [5.41, 5.74) is -0.0159. The van der Waals surface area contributed by atoms with Crippen LogP contribution in [0.1, 0.15) is 16.1 Å². The maximum Gasteiger partial charge on any atom is 0.422 e. The molecule has 2 heterocycles. The van der Waals surface area contributed by atoms with Gasteiger partial charge in [-0.05, 0) is 36.8 Å². The summed E-state index contributed by atoms with van der Waals surface area (Å²) in [6.07, 6.45) is -2.36. The first kappa shape index (κ1) is 24.8. The van der Waals surface area contributed by atoms with Gasteiger partial charge >= 0.3 is 6.18 Å². The van der Waals surface area contributed by atoms with E-state index in [1.54, 1.807) is 0 Å². The van der Waals surface area contributed by atoms with Crippen LogP contribution in [0.25, 0.3) is 5.82 Å². The molecule has 0 spiro atoms. The second-order valence-electron chi connectivity index (χ2n) is 6.81. The lowest BCUT2D eigenvalue weighted by molar-refractivity contribution is -0.154. The minimum atomic E-state index is -4.64. The molecule has 1 aromatic carbocycles. The molecule has 0 aliphatic rings. The van der Waals surface area contributed by atoms with Gasteiger partial charge in [-0.2, -0.15) is 13.2 Å². The number of hydrogen-bond donors (Lipinski definition) is 1. The van der Waals surface area contributed by atoms with Crippen molar-refractivity contribution >= 4 is 44.6 Å². The van der Waals surface area contributed by atoms with Gasteiger partial charge in [-0.15, -0.1) is 5.10 Å². The Hall–Kier alpha value is -2.83. The Kier molecular flexibility index (Phi) is 6.91. The zero-order chi connectivity index (χ0) is 24.6. The van der Waals surface area contributed by atoms with Gasteiger partial charge in [0.2, 0.25) is 5.88 Å². The number of amides is 1. The Labute approximate surface area is 196 Å². The molecule has 0 bridgehead atoms. The minimum absolute atomic E-state index is 0.0514. The van der Waals surface area contributed by atoms with E-state index in [-0.39, 0.29) is 32.1 Å². The van der Waals surface area contributed by atoms with Crippen molar-refractivity contribution in [2.24, 2.45) is 0 Å². The highest BCUT2D eigenvalue weighted by Crippen LogP contribution is 2.31. The molecule has 176 valence electrons. The maximum atomic E-state index is 13.1. The average Bonchev–Trinajstić information content (AvgIpc) is 3.11. The summed E-state index contributed by atoms with van der Waals surface area (Å²) in [7, 11) is -3.80. The highest BCUT2D eigenvalue weighted by molar-refractivity contribution is 7.90. The predicted octanol–water partition coefficient (Wildman–Crippen LogP) is 4.48. The SMILES string of the molecule is Cc1cc(Cl)cc(S(C)(=O)=O)c1NC(=O)c1cc(OCC(F)(F)F)nn1-c1ncccc1Cl. The van der Waals surface area contributed by atoms with E-state index < -0.39 is 34.4 Å². The van der Waals surface area contributed by atoms with Crippen LogP contribution in [-0.4, -0.2) is 48.1 Å². The van der Waals surface area contributed by atoms with Crippen LogP contribution in [-0.2, 0) is 9.84 Å². The van der Waals surface area contributed by atoms with Crippen molar-refractivity contribution in [1.29, 1.82) is 0 Å². The molecule has 3 rings (SSSR count). The number of aryl methyl sites for hydroxylation is 1. The lowest BCUT2D eigenvalue weighted by atomic mass is 10.2. The first-order valence-corrected chi connectivity index (χ1v) is 11.6. The quantitative estimate of drug-likeness (QED) is 0.511. The Balaban J connectivity index is 2.08. The smallest absolute Gasteiger partial charge is 0.422 e. The molecule has 0 atom stereocenters. The normalized spacial score (nSPS) is 12.0. The van der Waals surface area contributed by atoms with Crippen molar-refractivity contribution in [2.45, 2.75) is 18.0 Å². The van der Waals surface area contributed by atoms with Gasteiger partial charge in [0.15, 0.2) is 22.3 Å². The zero-order valence-electron chi connectivity index (χ0n) is 16.9. The van der Waals surface area contributed by atoms with Crippen molar-refractivity contribution < 1.29 is 31.1 Å². The number of anilines is 1. The van der Waals surface area contributed by atoms with Crippen molar-refractivity contribution in [1.82, 2.24) is 14.8 Å². The molecular formula is C19H15Cl2F3N4O4S. The van der Waals surface area contributed by atoms with Gasteiger partial charge in [-0.1, -0.05) is 23.2 Å². The number of pyridine rings is 1. The molecule has 1 amide bonds. The van der Waals surface area contributed by atoms with E-state index >= 15 is 0 Å². The number of sulfone groups is 1. The number of hydrogen-bond acceptors (Lipinski definition) is 6. The molecule has 33 heavy (non-hydrogen) atoms. The van der Waals surface area contributed by atoms with Gasteiger partial charge in [-0.25, -0.2) is 18.1 Å². The molecule has 0 aliphatic heterocycles. The van der Waals surface area contributed by atoms with E-state index in [9.17, 15) is 26.4 Å². The molecular weight excluding hydrogens is 508 g/mol. The molecule has 0 fully saturated rings. The number of halogens is 5. The summed E-state index contributed by atoms with van der Waals surface area (Å²) in [4.78, 5) is 16.9. The molecule has 3 aromatic rings. The molecule has 14 heteroatoms. The van der Waals surface area contributed by atoms with Crippen molar-refractivity contribution in [3.63, 3.8) is 0 Å². The number of carbonyl (C=O) groups is 1. The van der Waals surface area contributed by atoms with Crippen LogP contribution >= 0.6 is 23.2 Å². The second-order valence-corrected chi connectivity index (χ2v) is 9.64. The first-order chi connectivity index (χ1) is 15.3. The second kappa shape index (κ2) is 9.20. The summed E-state index contributed by atoms with van der Waals surface area (Å²) < 4.78 is 67.7. The molecule has 0 radical (unpaired) electrons. The van der Waals surface area contributed by atoms with Gasteiger partial charge < -0.3 is 10.1 Å². The fourth-order valence-corrected chi connectivity index (χ4v) is 4.25. The van der Waals surface area contributed by atoms with E-state index in [4.69, 9.17) is 23.2 Å². The first-order valence-electron chi connectivity index (χ1n) is 8.98. The largest absolute Gasteiger partial charge is 0.467 e. The van der Waals surface area contributed by atoms with Crippen LogP contribution in [0.2, 0.25) is 10.0 Å². The van der Waals surface area contributed by atoms with Crippen LogP contribution < -0.4 is 10.1 Å². The fourth-order valence-electron chi connectivity index (χ4n) is 2.78. The van der Waals surface area contributed by atoms with Crippen LogP contribution in [0.3, 0.4) is 0 Å². The molecule has 0 aliphatic carbocycles.